The summed E-state index contributed by atoms with van der Waals surface area (Å²) in [5.74, 6) is -0.153. The summed E-state index contributed by atoms with van der Waals surface area (Å²) in [5.41, 5.74) is 6.19. The van der Waals surface area contributed by atoms with Crippen molar-refractivity contribution >= 4 is 15.9 Å². The van der Waals surface area contributed by atoms with Crippen molar-refractivity contribution in [1.82, 2.24) is 4.31 Å². The molecule has 0 radical (unpaired) electrons. The minimum absolute atomic E-state index is 0.0654. The van der Waals surface area contributed by atoms with E-state index in [4.69, 9.17) is 11.1 Å². The van der Waals surface area contributed by atoms with Gasteiger partial charge in [0.15, 0.2) is 0 Å². The Kier molecular flexibility index (Phi) is 4.86. The summed E-state index contributed by atoms with van der Waals surface area (Å²) in [5, 5.41) is 7.26. The molecule has 1 aromatic rings. The first-order valence-corrected chi connectivity index (χ1v) is 7.21. The summed E-state index contributed by atoms with van der Waals surface area (Å²) in [6.45, 7) is 4.02. The average molecular weight is 269 g/mol. The molecule has 0 aliphatic heterocycles. The van der Waals surface area contributed by atoms with Crippen LogP contribution in [0.25, 0.3) is 0 Å². The Labute approximate surface area is 108 Å². The van der Waals surface area contributed by atoms with Crippen molar-refractivity contribution in [3.8, 4) is 0 Å². The summed E-state index contributed by atoms with van der Waals surface area (Å²) in [4.78, 5) is 0.247. The maximum Gasteiger partial charge on any atom is 0.243 e. The molecule has 0 aromatic heterocycles. The zero-order chi connectivity index (χ0) is 13.8. The molecule has 1 aromatic carbocycles. The maximum atomic E-state index is 12.4. The largest absolute Gasteiger partial charge is 0.387 e. The number of hydrogen-bond acceptors (Lipinski definition) is 3. The van der Waals surface area contributed by atoms with Crippen LogP contribution < -0.4 is 5.73 Å². The summed E-state index contributed by atoms with van der Waals surface area (Å²) in [7, 11) is -3.57. The highest BCUT2D eigenvalue weighted by Crippen LogP contribution is 2.16. The van der Waals surface area contributed by atoms with E-state index in [0.29, 0.717) is 13.0 Å². The van der Waals surface area contributed by atoms with Crippen LogP contribution in [-0.4, -0.2) is 31.6 Å². The van der Waals surface area contributed by atoms with E-state index in [1.165, 1.54) is 4.31 Å². The van der Waals surface area contributed by atoms with Gasteiger partial charge in [-0.2, -0.15) is 4.31 Å². The van der Waals surface area contributed by atoms with Crippen LogP contribution in [0.4, 0.5) is 0 Å². The zero-order valence-electron chi connectivity index (χ0n) is 10.7. The predicted molar refractivity (Wildman–Crippen MR) is 72.1 cm³/mol. The quantitative estimate of drug-likeness (QED) is 0.603. The van der Waals surface area contributed by atoms with E-state index < -0.39 is 10.0 Å². The molecule has 0 bridgehead atoms. The fraction of sp³-hybridized carbons (Fsp3) is 0.417. The van der Waals surface area contributed by atoms with Gasteiger partial charge in [0.1, 0.15) is 5.84 Å². The normalized spacial score (nSPS) is 11.7. The fourth-order valence-electron chi connectivity index (χ4n) is 1.65. The third kappa shape index (κ3) is 3.54. The summed E-state index contributed by atoms with van der Waals surface area (Å²) in [6, 6.07) is 6.73. The van der Waals surface area contributed by atoms with E-state index in [9.17, 15) is 8.42 Å². The van der Waals surface area contributed by atoms with Gasteiger partial charge in [0.2, 0.25) is 10.0 Å². The van der Waals surface area contributed by atoms with Gasteiger partial charge in [-0.15, -0.1) is 0 Å². The van der Waals surface area contributed by atoms with Crippen LogP contribution in [0.3, 0.4) is 0 Å². The number of benzene rings is 1. The maximum absolute atomic E-state index is 12.4. The van der Waals surface area contributed by atoms with E-state index in [1.54, 1.807) is 18.2 Å². The lowest BCUT2D eigenvalue weighted by atomic mass is 10.2. The SMILES string of the molecule is CCCN(CC(=N)N)S(=O)(=O)c1cccc(C)c1. The van der Waals surface area contributed by atoms with Crippen LogP contribution in [-0.2, 0) is 10.0 Å². The Morgan fingerprint density at radius 3 is 2.61 bits per heavy atom. The number of aryl methyl sites for hydroxylation is 1. The molecule has 100 valence electrons. The van der Waals surface area contributed by atoms with Crippen molar-refractivity contribution in [2.45, 2.75) is 25.2 Å². The highest BCUT2D eigenvalue weighted by molar-refractivity contribution is 7.89. The standard InChI is InChI=1S/C12H19N3O2S/c1-3-7-15(9-12(13)14)18(16,17)11-6-4-5-10(2)8-11/h4-6,8H,3,7,9H2,1-2H3,(H3,13,14). The molecule has 0 heterocycles. The molecule has 0 aliphatic carbocycles. The summed E-state index contributed by atoms with van der Waals surface area (Å²) >= 11 is 0. The van der Waals surface area contributed by atoms with Crippen molar-refractivity contribution in [1.29, 1.82) is 5.41 Å². The number of nitrogens with two attached hydrogens (primary N) is 1. The highest BCUT2D eigenvalue weighted by atomic mass is 32.2. The molecule has 0 saturated carbocycles. The number of sulfonamides is 1. The van der Waals surface area contributed by atoms with Crippen LogP contribution in [0.2, 0.25) is 0 Å². The zero-order valence-corrected chi connectivity index (χ0v) is 11.5. The van der Waals surface area contributed by atoms with Crippen LogP contribution in [0.15, 0.2) is 29.2 Å². The molecule has 3 N–H and O–H groups in total. The number of nitrogens with one attached hydrogen (secondary N) is 1. The van der Waals surface area contributed by atoms with Crippen LogP contribution in [0.1, 0.15) is 18.9 Å². The van der Waals surface area contributed by atoms with Crippen LogP contribution >= 0.6 is 0 Å². The molecule has 6 heteroatoms. The third-order valence-corrected chi connectivity index (χ3v) is 4.29. The molecule has 0 spiro atoms. The topological polar surface area (TPSA) is 87.2 Å². The van der Waals surface area contributed by atoms with E-state index in [0.717, 1.165) is 5.56 Å². The Morgan fingerprint density at radius 2 is 2.11 bits per heavy atom. The van der Waals surface area contributed by atoms with E-state index in [-0.39, 0.29) is 17.3 Å². The molecule has 18 heavy (non-hydrogen) atoms. The smallest absolute Gasteiger partial charge is 0.243 e. The Morgan fingerprint density at radius 1 is 1.44 bits per heavy atom. The Balaban J connectivity index is 3.12. The lowest BCUT2D eigenvalue weighted by Gasteiger charge is -2.21. The van der Waals surface area contributed by atoms with Crippen molar-refractivity contribution in [3.05, 3.63) is 29.8 Å². The minimum atomic E-state index is -3.57. The molecule has 0 atom stereocenters. The van der Waals surface area contributed by atoms with E-state index in [1.807, 2.05) is 19.9 Å². The Hall–Kier alpha value is -1.40. The van der Waals surface area contributed by atoms with E-state index in [2.05, 4.69) is 0 Å². The first kappa shape index (κ1) is 14.7. The molecule has 0 fully saturated rings. The molecular formula is C12H19N3O2S. The van der Waals surface area contributed by atoms with E-state index >= 15 is 0 Å². The van der Waals surface area contributed by atoms with Crippen molar-refractivity contribution in [3.63, 3.8) is 0 Å². The lowest BCUT2D eigenvalue weighted by Crippen LogP contribution is -2.38. The number of hydrogen-bond donors (Lipinski definition) is 2. The molecule has 0 unspecified atom stereocenters. The van der Waals surface area contributed by atoms with Gasteiger partial charge < -0.3 is 5.73 Å². The van der Waals surface area contributed by atoms with Gasteiger partial charge in [0.05, 0.1) is 11.4 Å². The van der Waals surface area contributed by atoms with Gasteiger partial charge >= 0.3 is 0 Å². The summed E-state index contributed by atoms with van der Waals surface area (Å²) < 4.78 is 26.0. The first-order chi connectivity index (χ1) is 8.37. The monoisotopic (exact) mass is 269 g/mol. The molecule has 1 rings (SSSR count). The molecular weight excluding hydrogens is 250 g/mol. The van der Waals surface area contributed by atoms with Crippen LogP contribution in [0.5, 0.6) is 0 Å². The highest BCUT2D eigenvalue weighted by Gasteiger charge is 2.24. The van der Waals surface area contributed by atoms with Crippen molar-refractivity contribution in [2.24, 2.45) is 5.73 Å². The van der Waals surface area contributed by atoms with Gasteiger partial charge in [-0.05, 0) is 31.0 Å². The average Bonchev–Trinajstić information content (AvgIpc) is 2.28. The predicted octanol–water partition coefficient (Wildman–Crippen LogP) is 1.33. The molecule has 0 saturated heterocycles. The Bertz CT molecular complexity index is 526. The summed E-state index contributed by atoms with van der Waals surface area (Å²) in [6.07, 6.45) is 0.679. The number of rotatable bonds is 6. The van der Waals surface area contributed by atoms with Gasteiger partial charge in [0, 0.05) is 6.54 Å². The first-order valence-electron chi connectivity index (χ1n) is 5.77. The second-order valence-corrected chi connectivity index (χ2v) is 6.12. The van der Waals surface area contributed by atoms with Gasteiger partial charge in [0.25, 0.3) is 0 Å². The van der Waals surface area contributed by atoms with Crippen molar-refractivity contribution in [2.75, 3.05) is 13.1 Å². The lowest BCUT2D eigenvalue weighted by molar-refractivity contribution is 0.447. The third-order valence-electron chi connectivity index (χ3n) is 2.45. The molecule has 0 amide bonds. The minimum Gasteiger partial charge on any atom is -0.387 e. The number of nitrogens with zero attached hydrogens (tertiary/aromatic N) is 1. The second-order valence-electron chi connectivity index (χ2n) is 4.18. The fourth-order valence-corrected chi connectivity index (χ4v) is 3.26. The molecule has 5 nitrogen and oxygen atoms in total. The number of amidine groups is 1. The van der Waals surface area contributed by atoms with Crippen molar-refractivity contribution < 1.29 is 8.42 Å². The van der Waals surface area contributed by atoms with Gasteiger partial charge in [-0.1, -0.05) is 19.1 Å². The van der Waals surface area contributed by atoms with Gasteiger partial charge in [-0.3, -0.25) is 5.41 Å². The van der Waals surface area contributed by atoms with Crippen LogP contribution in [0, 0.1) is 12.3 Å². The second kappa shape index (κ2) is 5.97. The van der Waals surface area contributed by atoms with Gasteiger partial charge in [-0.25, -0.2) is 8.42 Å². The molecule has 0 aliphatic rings.